The highest BCUT2D eigenvalue weighted by atomic mass is 35.5. The summed E-state index contributed by atoms with van der Waals surface area (Å²) in [4.78, 5) is 29.3. The number of hydrogen-bond donors (Lipinski definition) is 1. The number of ketones is 1. The third kappa shape index (κ3) is 4.13. The van der Waals surface area contributed by atoms with E-state index in [1.54, 1.807) is 24.4 Å². The number of carbonyl (C=O) groups is 2. The molecule has 0 saturated heterocycles. The van der Waals surface area contributed by atoms with Gasteiger partial charge in [0.25, 0.3) is 5.91 Å². The first-order chi connectivity index (χ1) is 14.8. The molecule has 1 heterocycles. The molecule has 1 aromatic heterocycles. The molecule has 0 unspecified atom stereocenters. The second-order valence-electron chi connectivity index (χ2n) is 6.64. The lowest BCUT2D eigenvalue weighted by atomic mass is 10.00. The number of anilines is 1. The van der Waals surface area contributed by atoms with Crippen LogP contribution in [0.4, 0.5) is 18.9 Å². The average Bonchev–Trinajstić information content (AvgIpc) is 2.77. The smallest absolute Gasteiger partial charge is 0.255 e. The van der Waals surface area contributed by atoms with Crippen LogP contribution in [-0.2, 0) is 0 Å². The van der Waals surface area contributed by atoms with E-state index >= 15 is 0 Å². The van der Waals surface area contributed by atoms with Crippen molar-refractivity contribution in [2.24, 2.45) is 0 Å². The van der Waals surface area contributed by atoms with Crippen LogP contribution in [0, 0.1) is 17.5 Å². The van der Waals surface area contributed by atoms with E-state index in [1.165, 1.54) is 24.3 Å². The molecule has 0 saturated carbocycles. The van der Waals surface area contributed by atoms with E-state index in [2.05, 4.69) is 10.3 Å². The topological polar surface area (TPSA) is 59.1 Å². The number of rotatable bonds is 4. The Bertz CT molecular complexity index is 1360. The van der Waals surface area contributed by atoms with Crippen molar-refractivity contribution in [3.05, 3.63) is 106 Å². The Hall–Kier alpha value is -3.71. The molecule has 1 amide bonds. The first kappa shape index (κ1) is 20.6. The number of amides is 1. The van der Waals surface area contributed by atoms with Crippen molar-refractivity contribution in [1.29, 1.82) is 0 Å². The summed E-state index contributed by atoms with van der Waals surface area (Å²) in [6.45, 7) is 0. The molecule has 4 nitrogen and oxygen atoms in total. The molecule has 4 aromatic rings. The molecule has 0 aliphatic carbocycles. The van der Waals surface area contributed by atoms with Gasteiger partial charge in [-0.15, -0.1) is 0 Å². The van der Waals surface area contributed by atoms with Gasteiger partial charge in [0.05, 0.1) is 16.1 Å². The van der Waals surface area contributed by atoms with Gasteiger partial charge < -0.3 is 5.32 Å². The van der Waals surface area contributed by atoms with Crippen molar-refractivity contribution < 1.29 is 22.8 Å². The summed E-state index contributed by atoms with van der Waals surface area (Å²) in [5.41, 5.74) is -0.0311. The zero-order valence-electron chi connectivity index (χ0n) is 15.6. The Morgan fingerprint density at radius 1 is 0.871 bits per heavy atom. The summed E-state index contributed by atoms with van der Waals surface area (Å²) in [7, 11) is 0. The highest BCUT2D eigenvalue weighted by Gasteiger charge is 2.20. The van der Waals surface area contributed by atoms with Gasteiger partial charge in [0.2, 0.25) is 0 Å². The normalized spacial score (nSPS) is 10.8. The Kier molecular flexibility index (Phi) is 5.44. The first-order valence-electron chi connectivity index (χ1n) is 8.98. The van der Waals surface area contributed by atoms with Gasteiger partial charge in [-0.3, -0.25) is 14.6 Å². The molecule has 4 rings (SSSR count). The summed E-state index contributed by atoms with van der Waals surface area (Å²) >= 11 is 5.59. The van der Waals surface area contributed by atoms with E-state index in [0.29, 0.717) is 10.9 Å². The molecule has 0 aliphatic heterocycles. The van der Waals surface area contributed by atoms with Gasteiger partial charge in [0.1, 0.15) is 5.82 Å². The quantitative estimate of drug-likeness (QED) is 0.409. The maximum Gasteiger partial charge on any atom is 0.255 e. The zero-order chi connectivity index (χ0) is 22.1. The molecule has 154 valence electrons. The van der Waals surface area contributed by atoms with Crippen molar-refractivity contribution >= 4 is 39.9 Å². The fourth-order valence-electron chi connectivity index (χ4n) is 3.04. The Labute approximate surface area is 179 Å². The van der Waals surface area contributed by atoms with Gasteiger partial charge in [0, 0.05) is 34.5 Å². The number of fused-ring (bicyclic) bond motifs is 1. The number of nitrogens with one attached hydrogen (secondary N) is 1. The number of aromatic nitrogens is 1. The van der Waals surface area contributed by atoms with Gasteiger partial charge in [-0.05, 0) is 48.5 Å². The maximum atomic E-state index is 14.4. The molecule has 0 bridgehead atoms. The monoisotopic (exact) mass is 440 g/mol. The maximum absolute atomic E-state index is 14.4. The van der Waals surface area contributed by atoms with Crippen LogP contribution < -0.4 is 5.32 Å². The van der Waals surface area contributed by atoms with Crippen LogP contribution in [0.2, 0.25) is 5.02 Å². The lowest BCUT2D eigenvalue weighted by molar-refractivity contribution is 0.101. The highest BCUT2D eigenvalue weighted by molar-refractivity contribution is 6.30. The minimum absolute atomic E-state index is 0.0819. The van der Waals surface area contributed by atoms with Gasteiger partial charge in [-0.1, -0.05) is 17.7 Å². The fraction of sp³-hybridized carbons (Fsp3) is 0. The van der Waals surface area contributed by atoms with Crippen molar-refractivity contribution in [2.75, 3.05) is 5.32 Å². The fourth-order valence-corrected chi connectivity index (χ4v) is 3.16. The summed E-state index contributed by atoms with van der Waals surface area (Å²) < 4.78 is 42.2. The van der Waals surface area contributed by atoms with E-state index in [9.17, 15) is 22.8 Å². The third-order valence-electron chi connectivity index (χ3n) is 4.58. The molecule has 0 spiro atoms. The number of carbonyl (C=O) groups excluding carboxylic acids is 2. The van der Waals surface area contributed by atoms with Crippen LogP contribution in [0.1, 0.15) is 26.3 Å². The number of benzene rings is 3. The predicted molar refractivity (Wildman–Crippen MR) is 111 cm³/mol. The number of halogens is 4. The average molecular weight is 441 g/mol. The second-order valence-corrected chi connectivity index (χ2v) is 7.05. The Morgan fingerprint density at radius 2 is 1.65 bits per heavy atom. The zero-order valence-corrected chi connectivity index (χ0v) is 16.4. The van der Waals surface area contributed by atoms with E-state index < -0.39 is 34.7 Å². The van der Waals surface area contributed by atoms with Crippen molar-refractivity contribution in [3.8, 4) is 0 Å². The molecule has 0 aliphatic rings. The first-order valence-corrected chi connectivity index (χ1v) is 9.36. The van der Waals surface area contributed by atoms with Gasteiger partial charge in [-0.25, -0.2) is 13.2 Å². The molecule has 1 N–H and O–H groups in total. The minimum Gasteiger partial charge on any atom is -0.322 e. The van der Waals surface area contributed by atoms with Crippen molar-refractivity contribution in [3.63, 3.8) is 0 Å². The molecule has 3 aromatic carbocycles. The van der Waals surface area contributed by atoms with Crippen LogP contribution in [-0.4, -0.2) is 16.7 Å². The van der Waals surface area contributed by atoms with E-state index in [0.717, 1.165) is 18.2 Å². The summed E-state index contributed by atoms with van der Waals surface area (Å²) in [5, 5.41) is 2.82. The molecule has 8 heteroatoms. The molecule has 31 heavy (non-hydrogen) atoms. The number of hydrogen-bond acceptors (Lipinski definition) is 3. The Morgan fingerprint density at radius 3 is 2.42 bits per heavy atom. The van der Waals surface area contributed by atoms with Gasteiger partial charge in [-0.2, -0.15) is 0 Å². The van der Waals surface area contributed by atoms with Crippen molar-refractivity contribution in [1.82, 2.24) is 4.98 Å². The van der Waals surface area contributed by atoms with Crippen molar-refractivity contribution in [2.45, 2.75) is 0 Å². The minimum atomic E-state index is -1.34. The van der Waals surface area contributed by atoms with Gasteiger partial charge in [0.15, 0.2) is 17.4 Å². The molecule has 0 fully saturated rings. The summed E-state index contributed by atoms with van der Waals surface area (Å²) in [5.74, 6) is -5.01. The lowest BCUT2D eigenvalue weighted by Crippen LogP contribution is -2.14. The summed E-state index contributed by atoms with van der Waals surface area (Å²) in [6, 6.07) is 13.1. The SMILES string of the molecule is O=C(Nc1cc(F)c(F)c(C(=O)c2ccc3ncccc3c2)c1)c1ccc(Cl)c(F)c1. The van der Waals surface area contributed by atoms with E-state index in [-0.39, 0.29) is 21.8 Å². The lowest BCUT2D eigenvalue weighted by Gasteiger charge is -2.10. The highest BCUT2D eigenvalue weighted by Crippen LogP contribution is 2.24. The van der Waals surface area contributed by atoms with Crippen LogP contribution in [0.3, 0.4) is 0 Å². The second kappa shape index (κ2) is 8.20. The third-order valence-corrected chi connectivity index (χ3v) is 4.88. The van der Waals surface area contributed by atoms with Gasteiger partial charge >= 0.3 is 0 Å². The van der Waals surface area contributed by atoms with Crippen LogP contribution in [0.25, 0.3) is 10.9 Å². The molecule has 0 atom stereocenters. The largest absolute Gasteiger partial charge is 0.322 e. The summed E-state index contributed by atoms with van der Waals surface area (Å²) in [6.07, 6.45) is 1.59. The predicted octanol–water partition coefficient (Wildman–Crippen LogP) is 5.79. The van der Waals surface area contributed by atoms with Crippen LogP contribution >= 0.6 is 11.6 Å². The van der Waals surface area contributed by atoms with Crippen LogP contribution in [0.15, 0.2) is 66.9 Å². The van der Waals surface area contributed by atoms with E-state index in [1.807, 2.05) is 0 Å². The van der Waals surface area contributed by atoms with E-state index in [4.69, 9.17) is 11.6 Å². The van der Waals surface area contributed by atoms with Crippen LogP contribution in [0.5, 0.6) is 0 Å². The standard InChI is InChI=1S/C23H12ClF3N2O2/c24-17-5-3-14(9-18(17)25)23(31)29-15-10-16(21(27)19(26)11-15)22(30)13-4-6-20-12(8-13)2-1-7-28-20/h1-11H,(H,29,31). The molecular weight excluding hydrogens is 429 g/mol. The number of nitrogens with zero attached hydrogens (tertiary/aromatic N) is 1. The Balaban J connectivity index is 1.67. The molecular formula is C23H12ClF3N2O2. The number of pyridine rings is 1. The molecule has 0 radical (unpaired) electrons.